The molecule has 0 fully saturated rings. The van der Waals surface area contributed by atoms with Gasteiger partial charge in [0.25, 0.3) is 0 Å². The number of nitriles is 1. The number of nitrogens with zero attached hydrogens (tertiary/aromatic N) is 2. The van der Waals surface area contributed by atoms with Gasteiger partial charge < -0.3 is 19.9 Å². The number of ether oxygens (including phenoxy) is 2. The number of aromatic hydroxyl groups is 1. The Morgan fingerprint density at radius 3 is 2.66 bits per heavy atom. The summed E-state index contributed by atoms with van der Waals surface area (Å²) in [6.07, 6.45) is -0.275. The average molecular weight is 463 g/mol. The summed E-state index contributed by atoms with van der Waals surface area (Å²) in [5.74, 6) is -2.58. The molecule has 1 heterocycles. The van der Waals surface area contributed by atoms with Crippen LogP contribution in [0.4, 0.5) is 16.2 Å². The molecule has 0 saturated carbocycles. The van der Waals surface area contributed by atoms with E-state index in [9.17, 15) is 24.8 Å². The van der Waals surface area contributed by atoms with Crippen molar-refractivity contribution in [2.75, 3.05) is 23.4 Å². The molecule has 11 heteroatoms. The number of carbonyl (C=O) groups is 3. The van der Waals surface area contributed by atoms with E-state index in [1.165, 1.54) is 6.07 Å². The van der Waals surface area contributed by atoms with Gasteiger partial charge in [0.05, 0.1) is 24.1 Å². The molecule has 1 aliphatic heterocycles. The molecule has 32 heavy (non-hydrogen) atoms. The molecule has 0 aromatic heterocycles. The number of hydrogen-bond acceptors (Lipinski definition) is 8. The zero-order valence-corrected chi connectivity index (χ0v) is 19.2. The van der Waals surface area contributed by atoms with Gasteiger partial charge in [0, 0.05) is 6.07 Å². The fourth-order valence-corrected chi connectivity index (χ4v) is 3.34. The minimum absolute atomic E-state index is 0.0936. The monoisotopic (exact) mass is 462 g/mol. The minimum Gasteiger partial charge on any atom is -0.506 e. The Bertz CT molecular complexity index is 966. The molecule has 1 atom stereocenters. The van der Waals surface area contributed by atoms with E-state index in [-0.39, 0.29) is 36.1 Å². The number of aryl methyl sites for hydroxylation is 1. The van der Waals surface area contributed by atoms with E-state index < -0.39 is 29.5 Å². The number of fused-ring (bicyclic) bond motifs is 1. The number of rotatable bonds is 4. The van der Waals surface area contributed by atoms with E-state index in [0.29, 0.717) is 17.7 Å². The number of alkyl carbamates (subject to hydrolysis) is 1. The van der Waals surface area contributed by atoms with Crippen LogP contribution < -0.4 is 15.5 Å². The number of nitrogens with one attached hydrogen (secondary N) is 2. The second-order valence-electron chi connectivity index (χ2n) is 8.00. The Kier molecular flexibility index (Phi) is 7.99. The number of benzene rings is 1. The molecule has 1 aliphatic rings. The summed E-state index contributed by atoms with van der Waals surface area (Å²) >= 11 is 5.05. The molecule has 172 valence electrons. The van der Waals surface area contributed by atoms with Crippen molar-refractivity contribution in [3.8, 4) is 11.8 Å². The Labute approximate surface area is 191 Å². The first-order valence-electron chi connectivity index (χ1n) is 9.98. The van der Waals surface area contributed by atoms with Gasteiger partial charge in [0.15, 0.2) is 5.11 Å². The lowest BCUT2D eigenvalue weighted by molar-refractivity contribution is -0.162. The Morgan fingerprint density at radius 2 is 2.06 bits per heavy atom. The van der Waals surface area contributed by atoms with Crippen molar-refractivity contribution in [1.82, 2.24) is 5.32 Å². The van der Waals surface area contributed by atoms with Gasteiger partial charge in [-0.25, -0.2) is 4.79 Å². The largest absolute Gasteiger partial charge is 0.506 e. The van der Waals surface area contributed by atoms with Crippen LogP contribution in [0.3, 0.4) is 0 Å². The van der Waals surface area contributed by atoms with Crippen molar-refractivity contribution < 1.29 is 29.0 Å². The number of thiocarbonyl (C=S) groups is 1. The normalized spacial score (nSPS) is 15.7. The van der Waals surface area contributed by atoms with Gasteiger partial charge in [0.2, 0.25) is 5.91 Å². The van der Waals surface area contributed by atoms with E-state index >= 15 is 0 Å². The molecule has 2 rings (SSSR count). The molecule has 0 bridgehead atoms. The predicted molar refractivity (Wildman–Crippen MR) is 120 cm³/mol. The van der Waals surface area contributed by atoms with E-state index in [1.54, 1.807) is 33.8 Å². The molecule has 10 nitrogen and oxygen atoms in total. The summed E-state index contributed by atoms with van der Waals surface area (Å²) in [7, 11) is 0. The molecule has 1 aromatic rings. The maximum absolute atomic E-state index is 13.1. The highest BCUT2D eigenvalue weighted by Crippen LogP contribution is 2.37. The summed E-state index contributed by atoms with van der Waals surface area (Å²) in [6.45, 7) is 6.62. The highest BCUT2D eigenvalue weighted by Gasteiger charge is 2.38. The van der Waals surface area contributed by atoms with Crippen LogP contribution in [-0.2, 0) is 25.5 Å². The van der Waals surface area contributed by atoms with E-state index in [1.807, 2.05) is 6.07 Å². The van der Waals surface area contributed by atoms with Crippen molar-refractivity contribution in [3.05, 3.63) is 17.7 Å². The SMILES string of the molecule is CCOC(=O)NC(=S)Nc1cc2c(cc1O)N(CC#N)C(=O)C(C(=O)OC(C)(C)C)CC2. The van der Waals surface area contributed by atoms with Crippen LogP contribution in [0.2, 0.25) is 0 Å². The molecule has 1 unspecified atom stereocenters. The lowest BCUT2D eigenvalue weighted by Crippen LogP contribution is -2.41. The Hall–Kier alpha value is -3.39. The van der Waals surface area contributed by atoms with Crippen molar-refractivity contribution in [1.29, 1.82) is 5.26 Å². The van der Waals surface area contributed by atoms with Gasteiger partial charge in [-0.05, 0) is 64.4 Å². The fourth-order valence-electron chi connectivity index (χ4n) is 3.14. The maximum atomic E-state index is 13.1. The predicted octanol–water partition coefficient (Wildman–Crippen LogP) is 2.60. The van der Waals surface area contributed by atoms with Gasteiger partial charge in [-0.1, -0.05) is 0 Å². The topological polar surface area (TPSA) is 141 Å². The van der Waals surface area contributed by atoms with E-state index in [0.717, 1.165) is 4.90 Å². The number of hydrogen-bond donors (Lipinski definition) is 3. The molecular formula is C21H26N4O6S. The van der Waals surface area contributed by atoms with Crippen LogP contribution in [0.15, 0.2) is 12.1 Å². The van der Waals surface area contributed by atoms with Crippen molar-refractivity contribution >= 4 is 46.7 Å². The summed E-state index contributed by atoms with van der Waals surface area (Å²) in [5.41, 5.74) is 0.340. The third-order valence-electron chi connectivity index (χ3n) is 4.41. The van der Waals surface area contributed by atoms with Crippen LogP contribution >= 0.6 is 12.2 Å². The van der Waals surface area contributed by atoms with Crippen LogP contribution in [0, 0.1) is 17.2 Å². The first-order chi connectivity index (χ1) is 15.0. The summed E-state index contributed by atoms with van der Waals surface area (Å²) in [5, 5.41) is 24.6. The first-order valence-corrected chi connectivity index (χ1v) is 10.4. The van der Waals surface area contributed by atoms with Crippen molar-refractivity contribution in [2.45, 2.75) is 46.1 Å². The molecule has 2 amide bonds. The van der Waals surface area contributed by atoms with E-state index in [4.69, 9.17) is 21.7 Å². The lowest BCUT2D eigenvalue weighted by atomic mass is 9.99. The van der Waals surface area contributed by atoms with Crippen LogP contribution in [0.25, 0.3) is 0 Å². The minimum atomic E-state index is -1.08. The molecule has 0 aliphatic carbocycles. The zero-order chi connectivity index (χ0) is 24.1. The van der Waals surface area contributed by atoms with Crippen molar-refractivity contribution in [2.24, 2.45) is 5.92 Å². The van der Waals surface area contributed by atoms with Gasteiger partial charge in [-0.3, -0.25) is 19.8 Å². The highest BCUT2D eigenvalue weighted by atomic mass is 32.1. The van der Waals surface area contributed by atoms with Crippen LogP contribution in [0.1, 0.15) is 39.7 Å². The summed E-state index contributed by atoms with van der Waals surface area (Å²) in [4.78, 5) is 38.4. The lowest BCUT2D eigenvalue weighted by Gasteiger charge is -2.26. The highest BCUT2D eigenvalue weighted by molar-refractivity contribution is 7.80. The number of carbonyl (C=O) groups excluding carboxylic acids is 3. The van der Waals surface area contributed by atoms with Gasteiger partial charge >= 0.3 is 12.1 Å². The maximum Gasteiger partial charge on any atom is 0.413 e. The molecule has 1 aromatic carbocycles. The number of phenols is 1. The number of amides is 2. The number of esters is 1. The first kappa shape index (κ1) is 24.9. The number of anilines is 2. The molecule has 0 radical (unpaired) electrons. The van der Waals surface area contributed by atoms with Crippen LogP contribution in [-0.4, -0.2) is 46.9 Å². The van der Waals surface area contributed by atoms with Gasteiger partial charge in [-0.2, -0.15) is 5.26 Å². The second kappa shape index (κ2) is 10.3. The third kappa shape index (κ3) is 6.31. The third-order valence-corrected chi connectivity index (χ3v) is 4.62. The van der Waals surface area contributed by atoms with Crippen LogP contribution in [0.5, 0.6) is 5.75 Å². The Morgan fingerprint density at radius 1 is 1.38 bits per heavy atom. The standard InChI is InChI=1S/C21H26N4O6S/c1-5-30-20(29)24-19(32)23-14-10-12-6-7-13(18(28)31-21(2,3)4)17(27)25(9-8-22)15(12)11-16(14)26/h10-11,13,26H,5-7,9H2,1-4H3,(H2,23,24,29,32). The fraction of sp³-hybridized carbons (Fsp3) is 0.476. The summed E-state index contributed by atoms with van der Waals surface area (Å²) in [6, 6.07) is 4.79. The summed E-state index contributed by atoms with van der Waals surface area (Å²) < 4.78 is 10.1. The van der Waals surface area contributed by atoms with Gasteiger partial charge in [0.1, 0.15) is 23.8 Å². The van der Waals surface area contributed by atoms with Gasteiger partial charge in [-0.15, -0.1) is 0 Å². The Balaban J connectivity index is 2.33. The zero-order valence-electron chi connectivity index (χ0n) is 18.4. The molecular weight excluding hydrogens is 436 g/mol. The molecule has 3 N–H and O–H groups in total. The average Bonchev–Trinajstić information content (AvgIpc) is 2.78. The number of phenolic OH excluding ortho intramolecular Hbond substituents is 1. The smallest absolute Gasteiger partial charge is 0.413 e. The van der Waals surface area contributed by atoms with Crippen molar-refractivity contribution in [3.63, 3.8) is 0 Å². The molecule has 0 spiro atoms. The molecule has 0 saturated heterocycles. The quantitative estimate of drug-likeness (QED) is 0.202. The van der Waals surface area contributed by atoms with E-state index in [2.05, 4.69) is 10.6 Å². The second-order valence-corrected chi connectivity index (χ2v) is 8.41.